The van der Waals surface area contributed by atoms with Crippen LogP contribution in [-0.4, -0.2) is 25.0 Å². The lowest BCUT2D eigenvalue weighted by atomic mass is 9.82. The Hall–Kier alpha value is -3.10. The normalized spacial score (nSPS) is 17.3. The number of benzene rings is 2. The summed E-state index contributed by atoms with van der Waals surface area (Å²) < 4.78 is 11.1. The second-order valence-corrected chi connectivity index (χ2v) is 9.03. The van der Waals surface area contributed by atoms with Crippen molar-refractivity contribution in [2.75, 3.05) is 13.1 Å². The van der Waals surface area contributed by atoms with Crippen molar-refractivity contribution in [2.45, 2.75) is 65.2 Å². The topological polar surface area (TPSA) is 95.1 Å². The largest absolute Gasteiger partial charge is 0.426 e. The van der Waals surface area contributed by atoms with E-state index in [1.54, 1.807) is 48.5 Å². The first-order valence-electron chi connectivity index (χ1n) is 13.0. The highest BCUT2D eigenvalue weighted by Crippen LogP contribution is 2.31. The zero-order valence-corrected chi connectivity index (χ0v) is 21.3. The minimum Gasteiger partial charge on any atom is -0.426 e. The lowest BCUT2D eigenvalue weighted by molar-refractivity contribution is -0.145. The molecule has 2 N–H and O–H groups in total. The number of hydrogen-bond donors (Lipinski definition) is 2. The van der Waals surface area contributed by atoms with E-state index in [0.29, 0.717) is 48.7 Å². The summed E-state index contributed by atoms with van der Waals surface area (Å²) >= 11 is 0. The van der Waals surface area contributed by atoms with Crippen molar-refractivity contribution in [2.24, 2.45) is 11.8 Å². The van der Waals surface area contributed by atoms with Crippen LogP contribution in [0.3, 0.4) is 0 Å². The third-order valence-electron chi connectivity index (χ3n) is 6.12. The summed E-state index contributed by atoms with van der Waals surface area (Å²) in [4.78, 5) is 36.1. The van der Waals surface area contributed by atoms with Gasteiger partial charge >= 0.3 is 11.9 Å². The summed E-state index contributed by atoms with van der Waals surface area (Å²) in [6.45, 7) is 5.79. The average molecular weight is 499 g/mol. The van der Waals surface area contributed by atoms with Gasteiger partial charge in [0.05, 0.1) is 11.8 Å². The van der Waals surface area contributed by atoms with E-state index < -0.39 is 0 Å². The molecule has 8 heteroatoms. The quantitative estimate of drug-likeness (QED) is 0.155. The lowest BCUT2D eigenvalue weighted by Gasteiger charge is -2.25. The van der Waals surface area contributed by atoms with Gasteiger partial charge in [0, 0.05) is 13.1 Å². The molecule has 2 aromatic carbocycles. The molecule has 196 valence electrons. The lowest BCUT2D eigenvalue weighted by Crippen LogP contribution is -2.30. The number of hydroxylamine groups is 2. The van der Waals surface area contributed by atoms with E-state index in [2.05, 4.69) is 24.8 Å². The van der Waals surface area contributed by atoms with Crippen molar-refractivity contribution >= 4 is 11.9 Å². The van der Waals surface area contributed by atoms with Crippen LogP contribution in [0.15, 0.2) is 48.5 Å². The zero-order chi connectivity index (χ0) is 25.6. The van der Waals surface area contributed by atoms with Gasteiger partial charge in [0.15, 0.2) is 0 Å². The summed E-state index contributed by atoms with van der Waals surface area (Å²) in [6, 6.07) is 13.9. The highest BCUT2D eigenvalue weighted by Gasteiger charge is 2.32. The Morgan fingerprint density at radius 3 is 1.31 bits per heavy atom. The van der Waals surface area contributed by atoms with E-state index >= 15 is 0 Å². The number of nitrogens with one attached hydrogen (secondary N) is 2. The van der Waals surface area contributed by atoms with Crippen LogP contribution in [-0.2, 0) is 9.59 Å². The summed E-state index contributed by atoms with van der Waals surface area (Å²) in [6.07, 6.45) is 6.64. The second-order valence-electron chi connectivity index (χ2n) is 9.03. The van der Waals surface area contributed by atoms with E-state index in [4.69, 9.17) is 19.1 Å². The van der Waals surface area contributed by atoms with Crippen LogP contribution in [0, 0.1) is 11.8 Å². The summed E-state index contributed by atoms with van der Waals surface area (Å²) in [5.41, 5.74) is 5.81. The van der Waals surface area contributed by atoms with Gasteiger partial charge in [-0.2, -0.15) is 11.0 Å². The van der Waals surface area contributed by atoms with Gasteiger partial charge < -0.3 is 19.1 Å². The molecule has 8 nitrogen and oxygen atoms in total. The van der Waals surface area contributed by atoms with Crippen LogP contribution in [0.4, 0.5) is 0 Å². The van der Waals surface area contributed by atoms with Crippen molar-refractivity contribution in [3.05, 3.63) is 48.5 Å². The van der Waals surface area contributed by atoms with Gasteiger partial charge in [0.2, 0.25) is 0 Å². The first kappa shape index (κ1) is 27.5. The fourth-order valence-electron chi connectivity index (χ4n) is 3.88. The molecule has 0 radical (unpaired) electrons. The van der Waals surface area contributed by atoms with Crippen molar-refractivity contribution in [3.8, 4) is 23.0 Å². The number of rotatable bonds is 14. The third kappa shape index (κ3) is 9.17. The molecule has 0 saturated heterocycles. The van der Waals surface area contributed by atoms with Crippen molar-refractivity contribution < 1.29 is 28.7 Å². The molecule has 0 spiro atoms. The Bertz CT molecular complexity index is 847. The molecular weight excluding hydrogens is 460 g/mol. The third-order valence-corrected chi connectivity index (χ3v) is 6.12. The molecular formula is C28H38N2O6. The van der Waals surface area contributed by atoms with E-state index in [0.717, 1.165) is 38.8 Å². The number of ether oxygens (including phenoxy) is 2. The van der Waals surface area contributed by atoms with Gasteiger partial charge in [-0.15, -0.1) is 0 Å². The van der Waals surface area contributed by atoms with E-state index in [9.17, 15) is 9.59 Å². The maximum absolute atomic E-state index is 12.6. The summed E-state index contributed by atoms with van der Waals surface area (Å²) in [7, 11) is 0. The van der Waals surface area contributed by atoms with Crippen LogP contribution < -0.4 is 30.1 Å². The molecule has 0 unspecified atom stereocenters. The molecule has 0 bridgehead atoms. The van der Waals surface area contributed by atoms with Crippen LogP contribution >= 0.6 is 0 Å². The Morgan fingerprint density at radius 1 is 0.639 bits per heavy atom. The van der Waals surface area contributed by atoms with Crippen LogP contribution in [0.5, 0.6) is 23.0 Å². The predicted octanol–water partition coefficient (Wildman–Crippen LogP) is 5.37. The molecule has 2 aromatic rings. The van der Waals surface area contributed by atoms with Crippen LogP contribution in [0.1, 0.15) is 65.2 Å². The van der Waals surface area contributed by atoms with Crippen LogP contribution in [0.2, 0.25) is 0 Å². The smallest absolute Gasteiger partial charge is 0.314 e. The standard InChI is InChI=1S/C28H38N2O6/c1-3-5-19-29-35-25-15-11-23(12-16-25)33-27(31)21-7-9-22(10-8-21)28(32)34-24-13-17-26(18-14-24)36-30-20-6-4-2/h11-18,21-22,29-30H,3-10,19-20H2,1-2H3. The highest BCUT2D eigenvalue weighted by atomic mass is 16.6. The number of carbonyl (C=O) groups is 2. The first-order chi connectivity index (χ1) is 17.6. The second kappa shape index (κ2) is 15.1. The monoisotopic (exact) mass is 498 g/mol. The molecule has 36 heavy (non-hydrogen) atoms. The Labute approximate surface area is 213 Å². The van der Waals surface area contributed by atoms with Gasteiger partial charge in [0.25, 0.3) is 0 Å². The van der Waals surface area contributed by atoms with Crippen molar-refractivity contribution in [1.29, 1.82) is 0 Å². The minimum absolute atomic E-state index is 0.225. The van der Waals surface area contributed by atoms with Crippen molar-refractivity contribution in [3.63, 3.8) is 0 Å². The maximum atomic E-state index is 12.6. The van der Waals surface area contributed by atoms with Crippen molar-refractivity contribution in [1.82, 2.24) is 11.0 Å². The first-order valence-corrected chi connectivity index (χ1v) is 13.0. The Morgan fingerprint density at radius 2 is 0.972 bits per heavy atom. The fourth-order valence-corrected chi connectivity index (χ4v) is 3.88. The Kier molecular flexibility index (Phi) is 11.5. The number of hydrogen-bond acceptors (Lipinski definition) is 8. The van der Waals surface area contributed by atoms with Gasteiger partial charge in [-0.3, -0.25) is 9.59 Å². The molecule has 1 aliphatic carbocycles. The van der Waals surface area contributed by atoms with Gasteiger partial charge in [-0.25, -0.2) is 0 Å². The molecule has 0 atom stereocenters. The summed E-state index contributed by atoms with van der Waals surface area (Å²) in [5, 5.41) is 0. The predicted molar refractivity (Wildman–Crippen MR) is 137 cm³/mol. The Balaban J connectivity index is 1.37. The molecule has 0 aliphatic heterocycles. The molecule has 1 saturated carbocycles. The molecule has 1 fully saturated rings. The molecule has 0 heterocycles. The maximum Gasteiger partial charge on any atom is 0.314 e. The SMILES string of the molecule is CCCCNOc1ccc(OC(=O)C2CCC(C(=O)Oc3ccc(ONCCCC)cc3)CC2)cc1. The molecule has 1 aliphatic rings. The zero-order valence-electron chi connectivity index (χ0n) is 21.3. The molecule has 0 aromatic heterocycles. The fraction of sp³-hybridized carbons (Fsp3) is 0.500. The average Bonchev–Trinajstić information content (AvgIpc) is 2.91. The van der Waals surface area contributed by atoms with Gasteiger partial charge in [-0.05, 0) is 87.1 Å². The minimum atomic E-state index is -0.264. The van der Waals surface area contributed by atoms with Gasteiger partial charge in [-0.1, -0.05) is 26.7 Å². The highest BCUT2D eigenvalue weighted by molar-refractivity contribution is 5.77. The number of esters is 2. The van der Waals surface area contributed by atoms with Gasteiger partial charge in [0.1, 0.15) is 23.0 Å². The van der Waals surface area contributed by atoms with E-state index in [1.165, 1.54) is 0 Å². The van der Waals surface area contributed by atoms with E-state index in [-0.39, 0.29) is 23.8 Å². The number of carbonyl (C=O) groups excluding carboxylic acids is 2. The molecule has 3 rings (SSSR count). The van der Waals surface area contributed by atoms with Crippen LogP contribution in [0.25, 0.3) is 0 Å². The summed E-state index contributed by atoms with van der Waals surface area (Å²) in [5.74, 6) is 1.31. The van der Waals surface area contributed by atoms with E-state index in [1.807, 2.05) is 0 Å². The molecule has 0 amide bonds. The number of unbranched alkanes of at least 4 members (excludes halogenated alkanes) is 2.